The summed E-state index contributed by atoms with van der Waals surface area (Å²) in [6.45, 7) is 2.44. The van der Waals surface area contributed by atoms with Gasteiger partial charge in [0.05, 0.1) is 13.2 Å². The lowest BCUT2D eigenvalue weighted by Gasteiger charge is -2.18. The van der Waals surface area contributed by atoms with Gasteiger partial charge in [0.15, 0.2) is 6.10 Å². The zero-order valence-electron chi connectivity index (χ0n) is 14.8. The summed E-state index contributed by atoms with van der Waals surface area (Å²) in [6, 6.07) is 27.7. The van der Waals surface area contributed by atoms with Gasteiger partial charge >= 0.3 is 5.97 Å². The maximum atomic E-state index is 12.4. The van der Waals surface area contributed by atoms with Crippen LogP contribution < -0.4 is 0 Å². The molecule has 0 heterocycles. The summed E-state index contributed by atoms with van der Waals surface area (Å²) in [7, 11) is 0. The topological polar surface area (TPSA) is 35.5 Å². The summed E-state index contributed by atoms with van der Waals surface area (Å²) in [5, 5.41) is 0. The first-order chi connectivity index (χ1) is 12.8. The fraction of sp³-hybridized carbons (Fsp3) is 0.174. The molecule has 0 saturated carbocycles. The van der Waals surface area contributed by atoms with Crippen molar-refractivity contribution in [3.63, 3.8) is 0 Å². The predicted octanol–water partition coefficient (Wildman–Crippen LogP) is 5.17. The van der Waals surface area contributed by atoms with Crippen molar-refractivity contribution in [1.29, 1.82) is 0 Å². The van der Waals surface area contributed by atoms with Crippen molar-refractivity contribution in [2.45, 2.75) is 19.6 Å². The summed E-state index contributed by atoms with van der Waals surface area (Å²) in [6.07, 6.45) is -0.736. The van der Waals surface area contributed by atoms with E-state index in [2.05, 4.69) is 18.2 Å². The van der Waals surface area contributed by atoms with Gasteiger partial charge in [-0.05, 0) is 29.2 Å². The van der Waals surface area contributed by atoms with Crippen LogP contribution >= 0.6 is 0 Å². The number of carbonyl (C=O) groups excluding carboxylic acids is 1. The highest BCUT2D eigenvalue weighted by molar-refractivity contribution is 5.76. The van der Waals surface area contributed by atoms with Crippen molar-refractivity contribution in [2.75, 3.05) is 6.61 Å². The molecule has 0 unspecified atom stereocenters. The minimum atomic E-state index is -0.736. The van der Waals surface area contributed by atoms with E-state index >= 15 is 0 Å². The second kappa shape index (κ2) is 8.97. The van der Waals surface area contributed by atoms with E-state index in [1.54, 1.807) is 6.92 Å². The Hall–Kier alpha value is -2.91. The molecule has 0 N–H and O–H groups in total. The van der Waals surface area contributed by atoms with Gasteiger partial charge in [-0.1, -0.05) is 84.9 Å². The Balaban J connectivity index is 1.83. The minimum absolute atomic E-state index is 0.323. The van der Waals surface area contributed by atoms with E-state index in [0.29, 0.717) is 13.2 Å². The zero-order chi connectivity index (χ0) is 18.2. The molecule has 0 aliphatic rings. The molecular formula is C23H22O3. The quantitative estimate of drug-likeness (QED) is 0.553. The fourth-order valence-electron chi connectivity index (χ4n) is 2.86. The number of esters is 1. The van der Waals surface area contributed by atoms with Crippen LogP contribution in [0, 0.1) is 0 Å². The van der Waals surface area contributed by atoms with E-state index in [4.69, 9.17) is 9.47 Å². The summed E-state index contributed by atoms with van der Waals surface area (Å²) < 4.78 is 11.2. The molecular weight excluding hydrogens is 324 g/mol. The zero-order valence-corrected chi connectivity index (χ0v) is 14.8. The van der Waals surface area contributed by atoms with Gasteiger partial charge in [0.25, 0.3) is 0 Å². The Morgan fingerprint density at radius 1 is 0.846 bits per heavy atom. The van der Waals surface area contributed by atoms with E-state index in [0.717, 1.165) is 22.3 Å². The summed E-state index contributed by atoms with van der Waals surface area (Å²) in [4.78, 5) is 12.4. The van der Waals surface area contributed by atoms with Crippen molar-refractivity contribution >= 4 is 5.97 Å². The molecule has 3 aromatic rings. The minimum Gasteiger partial charge on any atom is -0.464 e. The van der Waals surface area contributed by atoms with Crippen LogP contribution in [0.15, 0.2) is 84.9 Å². The van der Waals surface area contributed by atoms with Crippen LogP contribution in [-0.4, -0.2) is 12.6 Å². The second-order valence-electron chi connectivity index (χ2n) is 5.88. The number of benzene rings is 3. The standard InChI is InChI=1S/C23H22O3/c1-2-25-23(24)22(19-13-7-4-8-14-19)26-17-20-15-9-10-16-21(20)18-11-5-3-6-12-18/h3-16,22H,2,17H2,1H3/t22-/m0/s1. The smallest absolute Gasteiger partial charge is 0.339 e. The Kier molecular flexibility index (Phi) is 6.18. The molecule has 0 amide bonds. The summed E-state index contributed by atoms with van der Waals surface area (Å²) >= 11 is 0. The van der Waals surface area contributed by atoms with Gasteiger partial charge in [0, 0.05) is 0 Å². The van der Waals surface area contributed by atoms with E-state index in [1.165, 1.54) is 0 Å². The van der Waals surface area contributed by atoms with E-state index in [1.807, 2.05) is 66.7 Å². The van der Waals surface area contributed by atoms with Crippen molar-refractivity contribution < 1.29 is 14.3 Å². The molecule has 0 radical (unpaired) electrons. The third-order valence-corrected chi connectivity index (χ3v) is 4.11. The van der Waals surface area contributed by atoms with Gasteiger partial charge in [-0.25, -0.2) is 4.79 Å². The largest absolute Gasteiger partial charge is 0.464 e. The summed E-state index contributed by atoms with van der Waals surface area (Å²) in [5.74, 6) is -0.365. The molecule has 0 spiro atoms. The van der Waals surface area contributed by atoms with Crippen molar-refractivity contribution in [3.8, 4) is 11.1 Å². The van der Waals surface area contributed by atoms with Gasteiger partial charge < -0.3 is 9.47 Å². The molecule has 0 bridgehead atoms. The normalized spacial score (nSPS) is 11.7. The van der Waals surface area contributed by atoms with Gasteiger partial charge in [0.1, 0.15) is 0 Å². The van der Waals surface area contributed by atoms with Crippen LogP contribution in [-0.2, 0) is 20.9 Å². The first-order valence-electron chi connectivity index (χ1n) is 8.76. The fourth-order valence-corrected chi connectivity index (χ4v) is 2.86. The molecule has 0 aliphatic carbocycles. The molecule has 3 rings (SSSR count). The van der Waals surface area contributed by atoms with E-state index < -0.39 is 6.10 Å². The first-order valence-corrected chi connectivity index (χ1v) is 8.76. The second-order valence-corrected chi connectivity index (χ2v) is 5.88. The number of hydrogen-bond acceptors (Lipinski definition) is 3. The molecule has 3 nitrogen and oxygen atoms in total. The highest BCUT2D eigenvalue weighted by Crippen LogP contribution is 2.27. The predicted molar refractivity (Wildman–Crippen MR) is 102 cm³/mol. The van der Waals surface area contributed by atoms with E-state index in [-0.39, 0.29) is 5.97 Å². The SMILES string of the molecule is CCOC(=O)[C@@H](OCc1ccccc1-c1ccccc1)c1ccccc1. The molecule has 3 aromatic carbocycles. The average molecular weight is 346 g/mol. The van der Waals surface area contributed by atoms with Crippen LogP contribution in [0.25, 0.3) is 11.1 Å². The lowest BCUT2D eigenvalue weighted by molar-refractivity contribution is -0.158. The Bertz CT molecular complexity index is 828. The Morgan fingerprint density at radius 3 is 2.15 bits per heavy atom. The van der Waals surface area contributed by atoms with Crippen molar-refractivity contribution in [2.24, 2.45) is 0 Å². The van der Waals surface area contributed by atoms with Crippen LogP contribution in [0.1, 0.15) is 24.2 Å². The van der Waals surface area contributed by atoms with Crippen molar-refractivity contribution in [1.82, 2.24) is 0 Å². The van der Waals surface area contributed by atoms with Crippen LogP contribution in [0.3, 0.4) is 0 Å². The van der Waals surface area contributed by atoms with Crippen LogP contribution in [0.2, 0.25) is 0 Å². The highest BCUT2D eigenvalue weighted by Gasteiger charge is 2.23. The average Bonchev–Trinajstić information content (AvgIpc) is 2.70. The van der Waals surface area contributed by atoms with Gasteiger partial charge in [-0.15, -0.1) is 0 Å². The highest BCUT2D eigenvalue weighted by atomic mass is 16.6. The molecule has 132 valence electrons. The van der Waals surface area contributed by atoms with Crippen LogP contribution in [0.4, 0.5) is 0 Å². The lowest BCUT2D eigenvalue weighted by atomic mass is 10.0. The molecule has 3 heteroatoms. The Morgan fingerprint density at radius 2 is 1.46 bits per heavy atom. The van der Waals surface area contributed by atoms with Gasteiger partial charge in [-0.2, -0.15) is 0 Å². The number of rotatable bonds is 7. The molecule has 0 aliphatic heterocycles. The monoisotopic (exact) mass is 346 g/mol. The Labute approximate surface area is 154 Å². The molecule has 0 aromatic heterocycles. The molecule has 0 fully saturated rings. The van der Waals surface area contributed by atoms with Gasteiger partial charge in [-0.3, -0.25) is 0 Å². The number of carbonyl (C=O) groups is 1. The molecule has 26 heavy (non-hydrogen) atoms. The molecule has 0 saturated heterocycles. The number of ether oxygens (including phenoxy) is 2. The van der Waals surface area contributed by atoms with Gasteiger partial charge in [0.2, 0.25) is 0 Å². The van der Waals surface area contributed by atoms with Crippen molar-refractivity contribution in [3.05, 3.63) is 96.1 Å². The number of hydrogen-bond donors (Lipinski definition) is 0. The third kappa shape index (κ3) is 4.38. The molecule has 1 atom stereocenters. The van der Waals surface area contributed by atoms with E-state index in [9.17, 15) is 4.79 Å². The lowest BCUT2D eigenvalue weighted by Crippen LogP contribution is -2.19. The maximum Gasteiger partial charge on any atom is 0.339 e. The van der Waals surface area contributed by atoms with Crippen LogP contribution in [0.5, 0.6) is 0 Å². The third-order valence-electron chi connectivity index (χ3n) is 4.11. The summed E-state index contributed by atoms with van der Waals surface area (Å²) in [5.41, 5.74) is 4.05. The maximum absolute atomic E-state index is 12.4. The first kappa shape index (κ1) is 17.9.